The highest BCUT2D eigenvalue weighted by atomic mass is 35.5. The van der Waals surface area contributed by atoms with Gasteiger partial charge in [0, 0.05) is 17.6 Å². The molecule has 126 valence electrons. The van der Waals surface area contributed by atoms with Crippen molar-refractivity contribution in [1.29, 1.82) is 0 Å². The van der Waals surface area contributed by atoms with Crippen molar-refractivity contribution in [3.63, 3.8) is 0 Å². The number of anilines is 1. The van der Waals surface area contributed by atoms with Crippen molar-refractivity contribution in [2.24, 2.45) is 0 Å². The molecule has 5 nitrogen and oxygen atoms in total. The Morgan fingerprint density at radius 1 is 1.20 bits per heavy atom. The molecule has 0 aliphatic heterocycles. The van der Waals surface area contributed by atoms with Gasteiger partial charge in [-0.05, 0) is 36.1 Å². The number of nitrogens with zero attached hydrogens (tertiary/aromatic N) is 2. The lowest BCUT2D eigenvalue weighted by molar-refractivity contribution is 0.0963. The lowest BCUT2D eigenvalue weighted by Gasteiger charge is -2.24. The Morgan fingerprint density at radius 3 is 2.88 bits per heavy atom. The molecule has 0 radical (unpaired) electrons. The van der Waals surface area contributed by atoms with E-state index in [4.69, 9.17) is 16.0 Å². The minimum atomic E-state index is 0.0431. The smallest absolute Gasteiger partial charge is 0.223 e. The average Bonchev–Trinajstić information content (AvgIpc) is 3.13. The van der Waals surface area contributed by atoms with Crippen molar-refractivity contribution >= 4 is 23.3 Å². The highest BCUT2D eigenvalue weighted by Crippen LogP contribution is 2.35. The lowest BCUT2D eigenvalue weighted by atomic mass is 9.82. The summed E-state index contributed by atoms with van der Waals surface area (Å²) in [6.07, 6.45) is 4.33. The van der Waals surface area contributed by atoms with Gasteiger partial charge in [-0.15, -0.1) is 0 Å². The third-order valence-corrected chi connectivity index (χ3v) is 4.73. The number of halogens is 1. The molecule has 1 aliphatic carbocycles. The molecule has 0 fully saturated rings. The number of Topliss-reactive ketones (excluding diaryl/α,β-unsaturated/α-hetero) is 1. The molecule has 1 aromatic carbocycles. The van der Waals surface area contributed by atoms with Crippen molar-refractivity contribution in [2.75, 3.05) is 5.32 Å². The van der Waals surface area contributed by atoms with Gasteiger partial charge in [0.1, 0.15) is 5.76 Å². The lowest BCUT2D eigenvalue weighted by Crippen LogP contribution is -2.21. The van der Waals surface area contributed by atoms with E-state index >= 15 is 0 Å². The van der Waals surface area contributed by atoms with Crippen LogP contribution in [0.3, 0.4) is 0 Å². The zero-order valence-corrected chi connectivity index (χ0v) is 14.2. The molecule has 6 heteroatoms. The second kappa shape index (κ2) is 6.69. The maximum absolute atomic E-state index is 12.5. The molecule has 4 rings (SSSR count). The van der Waals surface area contributed by atoms with E-state index < -0.39 is 0 Å². The fraction of sp³-hybridized carbons (Fsp3) is 0.211. The normalized spacial score (nSPS) is 16.5. The number of rotatable bonds is 4. The molecule has 0 spiro atoms. The summed E-state index contributed by atoms with van der Waals surface area (Å²) in [4.78, 5) is 21.3. The average molecular weight is 354 g/mol. The summed E-state index contributed by atoms with van der Waals surface area (Å²) in [5, 5.41) is 3.81. The fourth-order valence-corrected chi connectivity index (χ4v) is 3.43. The zero-order chi connectivity index (χ0) is 17.2. The summed E-state index contributed by atoms with van der Waals surface area (Å²) in [5.74, 6) is 1.39. The van der Waals surface area contributed by atoms with Crippen LogP contribution in [0.25, 0.3) is 0 Å². The monoisotopic (exact) mass is 353 g/mol. The molecule has 0 unspecified atom stereocenters. The van der Waals surface area contributed by atoms with Crippen molar-refractivity contribution in [1.82, 2.24) is 9.97 Å². The minimum Gasteiger partial charge on any atom is -0.467 e. The molecule has 1 aliphatic rings. The predicted octanol–water partition coefficient (Wildman–Crippen LogP) is 4.25. The van der Waals surface area contributed by atoms with Crippen LogP contribution >= 0.6 is 11.6 Å². The van der Waals surface area contributed by atoms with Gasteiger partial charge in [0.2, 0.25) is 5.95 Å². The van der Waals surface area contributed by atoms with Crippen LogP contribution in [0.1, 0.15) is 39.7 Å². The number of hydrogen-bond acceptors (Lipinski definition) is 5. The standard InChI is InChI=1S/C19H16ClN3O2/c20-16-6-2-1-5-14(16)12-8-17-15(18(24)9-12)11-22-19(23-17)21-10-13-4-3-7-25-13/h1-7,11-12H,8-10H2,(H,21,22,23)/t12-/m1/s1. The van der Waals surface area contributed by atoms with Crippen LogP contribution in [0.4, 0.5) is 5.95 Å². The third kappa shape index (κ3) is 3.28. The van der Waals surface area contributed by atoms with Gasteiger partial charge in [-0.3, -0.25) is 4.79 Å². The molecule has 0 amide bonds. The second-order valence-electron chi connectivity index (χ2n) is 6.04. The zero-order valence-electron chi connectivity index (χ0n) is 13.4. The number of hydrogen-bond donors (Lipinski definition) is 1. The van der Waals surface area contributed by atoms with Crippen LogP contribution < -0.4 is 5.32 Å². The molecule has 1 N–H and O–H groups in total. The highest BCUT2D eigenvalue weighted by molar-refractivity contribution is 6.31. The van der Waals surface area contributed by atoms with Gasteiger partial charge in [-0.25, -0.2) is 9.97 Å². The van der Waals surface area contributed by atoms with Gasteiger partial charge in [0.25, 0.3) is 0 Å². The van der Waals surface area contributed by atoms with Crippen molar-refractivity contribution < 1.29 is 9.21 Å². The van der Waals surface area contributed by atoms with E-state index in [0.29, 0.717) is 35.9 Å². The third-order valence-electron chi connectivity index (χ3n) is 4.39. The number of fused-ring (bicyclic) bond motifs is 1. The topological polar surface area (TPSA) is 68.0 Å². The summed E-state index contributed by atoms with van der Waals surface area (Å²) in [6.45, 7) is 0.494. The van der Waals surface area contributed by atoms with E-state index in [0.717, 1.165) is 17.0 Å². The molecule has 0 saturated carbocycles. The van der Waals surface area contributed by atoms with Gasteiger partial charge < -0.3 is 9.73 Å². The minimum absolute atomic E-state index is 0.0431. The maximum atomic E-state index is 12.5. The molecule has 2 aromatic heterocycles. The van der Waals surface area contributed by atoms with Crippen molar-refractivity contribution in [3.8, 4) is 0 Å². The molecule has 3 aromatic rings. The highest BCUT2D eigenvalue weighted by Gasteiger charge is 2.29. The summed E-state index contributed by atoms with van der Waals surface area (Å²) in [6, 6.07) is 11.4. The summed E-state index contributed by atoms with van der Waals surface area (Å²) in [5.41, 5.74) is 2.36. The van der Waals surface area contributed by atoms with Gasteiger partial charge in [-0.1, -0.05) is 29.8 Å². The van der Waals surface area contributed by atoms with Gasteiger partial charge >= 0.3 is 0 Å². The Kier molecular flexibility index (Phi) is 4.24. The first kappa shape index (κ1) is 15.8. The van der Waals surface area contributed by atoms with E-state index in [2.05, 4.69) is 15.3 Å². The SMILES string of the molecule is O=C1C[C@H](c2ccccc2Cl)Cc2nc(NCc3ccco3)ncc21. The molecule has 0 bridgehead atoms. The van der Waals surface area contributed by atoms with E-state index in [1.165, 1.54) is 0 Å². The first-order chi connectivity index (χ1) is 12.2. The molecular formula is C19H16ClN3O2. The van der Waals surface area contributed by atoms with Crippen LogP contribution in [0, 0.1) is 0 Å². The number of ketones is 1. The number of nitrogens with one attached hydrogen (secondary N) is 1. The quantitative estimate of drug-likeness (QED) is 0.759. The summed E-state index contributed by atoms with van der Waals surface area (Å²) in [7, 11) is 0. The van der Waals surface area contributed by atoms with Crippen molar-refractivity contribution in [2.45, 2.75) is 25.3 Å². The van der Waals surface area contributed by atoms with E-state index in [9.17, 15) is 4.79 Å². The second-order valence-corrected chi connectivity index (χ2v) is 6.44. The van der Waals surface area contributed by atoms with Crippen LogP contribution in [0.2, 0.25) is 5.02 Å². The number of aromatic nitrogens is 2. The van der Waals surface area contributed by atoms with Crippen LogP contribution in [0.15, 0.2) is 53.3 Å². The molecule has 1 atom stereocenters. The van der Waals surface area contributed by atoms with Crippen LogP contribution in [-0.2, 0) is 13.0 Å². The Labute approximate surface area is 150 Å². The Morgan fingerprint density at radius 2 is 2.08 bits per heavy atom. The predicted molar refractivity (Wildman–Crippen MR) is 94.9 cm³/mol. The first-order valence-electron chi connectivity index (χ1n) is 8.10. The molecule has 2 heterocycles. The van der Waals surface area contributed by atoms with Crippen LogP contribution in [0.5, 0.6) is 0 Å². The van der Waals surface area contributed by atoms with Crippen molar-refractivity contribution in [3.05, 3.63) is 76.5 Å². The number of furan rings is 1. The number of benzene rings is 1. The Balaban J connectivity index is 1.57. The van der Waals surface area contributed by atoms with E-state index in [-0.39, 0.29) is 11.7 Å². The Bertz CT molecular complexity index is 909. The molecule has 0 saturated heterocycles. The van der Waals surface area contributed by atoms with Gasteiger partial charge in [0.15, 0.2) is 5.78 Å². The number of carbonyl (C=O) groups is 1. The van der Waals surface area contributed by atoms with E-state index in [1.54, 1.807) is 12.5 Å². The Hall–Kier alpha value is -2.66. The first-order valence-corrected chi connectivity index (χ1v) is 8.48. The largest absolute Gasteiger partial charge is 0.467 e. The van der Waals surface area contributed by atoms with E-state index in [1.807, 2.05) is 36.4 Å². The number of carbonyl (C=O) groups excluding carboxylic acids is 1. The fourth-order valence-electron chi connectivity index (χ4n) is 3.14. The summed E-state index contributed by atoms with van der Waals surface area (Å²) < 4.78 is 5.29. The molecule has 25 heavy (non-hydrogen) atoms. The van der Waals surface area contributed by atoms with Gasteiger partial charge in [0.05, 0.1) is 24.1 Å². The van der Waals surface area contributed by atoms with Crippen LogP contribution in [-0.4, -0.2) is 15.8 Å². The maximum Gasteiger partial charge on any atom is 0.223 e. The van der Waals surface area contributed by atoms with Gasteiger partial charge in [-0.2, -0.15) is 0 Å². The summed E-state index contributed by atoms with van der Waals surface area (Å²) >= 11 is 6.30. The molecular weight excluding hydrogens is 338 g/mol.